The topological polar surface area (TPSA) is 172 Å². The van der Waals surface area contributed by atoms with Crippen LogP contribution in [-0.2, 0) is 0 Å². The summed E-state index contributed by atoms with van der Waals surface area (Å²) in [6.07, 6.45) is 0. The Morgan fingerprint density at radius 1 is 1.10 bits per heavy atom. The van der Waals surface area contributed by atoms with Gasteiger partial charge in [0.1, 0.15) is 33.1 Å². The maximum atomic E-state index is 14.7. The van der Waals surface area contributed by atoms with Gasteiger partial charge in [0.2, 0.25) is 0 Å². The third-order valence-corrected chi connectivity index (χ3v) is 7.24. The maximum absolute atomic E-state index is 14.7. The third kappa shape index (κ3) is 6.46. The first kappa shape index (κ1) is 27.8. The number of urea groups is 1. The SMILES string of the molecule is COc1cccc(C(=O)Nc2cc(-c3csc(-c4sc(NC(=O)NC(CO)CO)nc4N)n3)c(F)cc2F)c1. The highest BCUT2D eigenvalue weighted by atomic mass is 32.1. The molecule has 11 nitrogen and oxygen atoms in total. The summed E-state index contributed by atoms with van der Waals surface area (Å²) in [4.78, 5) is 33.6. The zero-order valence-electron chi connectivity index (χ0n) is 20.2. The molecule has 7 N–H and O–H groups in total. The van der Waals surface area contributed by atoms with Crippen molar-refractivity contribution in [1.82, 2.24) is 15.3 Å². The second kappa shape index (κ2) is 12.1. The number of rotatable bonds is 9. The van der Waals surface area contributed by atoms with Crippen LogP contribution in [0.25, 0.3) is 21.1 Å². The van der Waals surface area contributed by atoms with E-state index >= 15 is 0 Å². The van der Waals surface area contributed by atoms with Crippen LogP contribution in [0, 0.1) is 11.6 Å². The van der Waals surface area contributed by atoms with Gasteiger partial charge in [0.05, 0.1) is 37.7 Å². The number of ether oxygens (including phenoxy) is 1. The standard InChI is InChI=1S/C24H22F2N6O5S2/c1-37-13-4-2-3-11(5-13)21(35)29-17-6-14(15(25)7-16(17)26)18-10-38-22(30-18)19-20(27)31-24(39-19)32-23(36)28-12(8-33)9-34/h2-7,10,12,33-34H,8-9,27H2,1H3,(H,29,35)(H2,28,31,32,36). The molecular formula is C24H22F2N6O5S2. The molecule has 0 spiro atoms. The molecule has 0 unspecified atom stereocenters. The number of carbonyl (C=O) groups is 2. The van der Waals surface area contributed by atoms with Gasteiger partial charge >= 0.3 is 6.03 Å². The molecule has 204 valence electrons. The van der Waals surface area contributed by atoms with E-state index in [0.717, 1.165) is 28.7 Å². The summed E-state index contributed by atoms with van der Waals surface area (Å²) in [5, 5.41) is 27.4. The van der Waals surface area contributed by atoms with Crippen LogP contribution in [-0.4, -0.2) is 58.5 Å². The van der Waals surface area contributed by atoms with Crippen LogP contribution in [0.5, 0.6) is 5.75 Å². The molecule has 0 aliphatic carbocycles. The highest BCUT2D eigenvalue weighted by Crippen LogP contribution is 2.39. The maximum Gasteiger partial charge on any atom is 0.321 e. The van der Waals surface area contributed by atoms with Gasteiger partial charge in [0, 0.05) is 22.6 Å². The van der Waals surface area contributed by atoms with E-state index in [1.54, 1.807) is 12.1 Å². The average molecular weight is 577 g/mol. The van der Waals surface area contributed by atoms with E-state index in [0.29, 0.717) is 21.7 Å². The van der Waals surface area contributed by atoms with Gasteiger partial charge in [-0.15, -0.1) is 11.3 Å². The Kier molecular flexibility index (Phi) is 8.65. The molecule has 2 heterocycles. The number of hydrogen-bond acceptors (Lipinski definition) is 10. The van der Waals surface area contributed by atoms with Crippen LogP contribution in [0.1, 0.15) is 10.4 Å². The third-order valence-electron chi connectivity index (χ3n) is 5.26. The Morgan fingerprint density at radius 3 is 2.59 bits per heavy atom. The van der Waals surface area contributed by atoms with Crippen molar-refractivity contribution < 1.29 is 33.3 Å². The number of nitrogens with two attached hydrogens (primary N) is 1. The van der Waals surface area contributed by atoms with Crippen molar-refractivity contribution in [3.63, 3.8) is 0 Å². The fourth-order valence-corrected chi connectivity index (χ4v) is 5.11. The molecule has 4 aromatic rings. The molecular weight excluding hydrogens is 554 g/mol. The molecule has 0 bridgehead atoms. The van der Waals surface area contributed by atoms with Gasteiger partial charge in [-0.3, -0.25) is 10.1 Å². The molecule has 0 saturated heterocycles. The van der Waals surface area contributed by atoms with Crippen LogP contribution in [0.4, 0.5) is 30.2 Å². The number of anilines is 3. The second-order valence-corrected chi connectivity index (χ2v) is 9.79. The number of nitrogen functional groups attached to an aromatic ring is 1. The van der Waals surface area contributed by atoms with E-state index < -0.39 is 42.8 Å². The van der Waals surface area contributed by atoms with Gasteiger partial charge in [-0.25, -0.2) is 23.5 Å². The highest BCUT2D eigenvalue weighted by molar-refractivity contribution is 7.23. The number of benzene rings is 2. The van der Waals surface area contributed by atoms with Gasteiger partial charge in [0.25, 0.3) is 5.91 Å². The second-order valence-electron chi connectivity index (χ2n) is 7.93. The van der Waals surface area contributed by atoms with E-state index in [-0.39, 0.29) is 33.5 Å². The number of nitrogens with zero attached hydrogens (tertiary/aromatic N) is 2. The number of thiazole rings is 2. The zero-order valence-corrected chi connectivity index (χ0v) is 21.8. The molecule has 0 fully saturated rings. The number of halogens is 2. The van der Waals surface area contributed by atoms with E-state index in [1.807, 2.05) is 0 Å². The Hall–Kier alpha value is -4.18. The van der Waals surface area contributed by atoms with Crippen molar-refractivity contribution in [2.75, 3.05) is 36.7 Å². The molecule has 2 aromatic heterocycles. The summed E-state index contributed by atoms with van der Waals surface area (Å²) in [5.41, 5.74) is 6.08. The van der Waals surface area contributed by atoms with E-state index in [9.17, 15) is 18.4 Å². The van der Waals surface area contributed by atoms with E-state index in [1.165, 1.54) is 24.6 Å². The summed E-state index contributed by atoms with van der Waals surface area (Å²) >= 11 is 2.12. The van der Waals surface area contributed by atoms with Gasteiger partial charge in [-0.2, -0.15) is 0 Å². The van der Waals surface area contributed by atoms with Crippen LogP contribution in [0.2, 0.25) is 0 Å². The molecule has 0 atom stereocenters. The lowest BCUT2D eigenvalue weighted by molar-refractivity contribution is 0.102. The Labute approximate surface area is 228 Å². The van der Waals surface area contributed by atoms with Crippen molar-refractivity contribution in [3.05, 3.63) is 59.0 Å². The number of aliphatic hydroxyl groups is 2. The minimum absolute atomic E-state index is 0.0558. The zero-order chi connectivity index (χ0) is 28.1. The summed E-state index contributed by atoms with van der Waals surface area (Å²) in [7, 11) is 1.45. The first-order chi connectivity index (χ1) is 18.7. The van der Waals surface area contributed by atoms with Gasteiger partial charge in [-0.1, -0.05) is 17.4 Å². The quantitative estimate of drug-likeness (QED) is 0.176. The summed E-state index contributed by atoms with van der Waals surface area (Å²) in [5.74, 6) is -1.97. The van der Waals surface area contributed by atoms with Crippen LogP contribution in [0.3, 0.4) is 0 Å². The Bertz CT molecular complexity index is 1510. The molecule has 39 heavy (non-hydrogen) atoms. The van der Waals surface area contributed by atoms with Crippen molar-refractivity contribution in [2.45, 2.75) is 6.04 Å². The molecule has 0 aliphatic heterocycles. The lowest BCUT2D eigenvalue weighted by Crippen LogP contribution is -2.42. The summed E-state index contributed by atoms with van der Waals surface area (Å²) in [6, 6.07) is 6.51. The minimum Gasteiger partial charge on any atom is -0.497 e. The molecule has 3 amide bonds. The molecule has 2 aromatic carbocycles. The molecule has 0 radical (unpaired) electrons. The van der Waals surface area contributed by atoms with Gasteiger partial charge in [0.15, 0.2) is 5.13 Å². The van der Waals surface area contributed by atoms with Crippen molar-refractivity contribution in [2.24, 2.45) is 0 Å². The predicted molar refractivity (Wildman–Crippen MR) is 144 cm³/mol. The van der Waals surface area contributed by atoms with Crippen molar-refractivity contribution >= 4 is 51.2 Å². The number of methoxy groups -OCH3 is 1. The molecule has 15 heteroatoms. The number of aromatic nitrogens is 2. The molecule has 0 saturated carbocycles. The lowest BCUT2D eigenvalue weighted by atomic mass is 10.1. The summed E-state index contributed by atoms with van der Waals surface area (Å²) in [6.45, 7) is -0.910. The predicted octanol–water partition coefficient (Wildman–Crippen LogP) is 3.53. The average Bonchev–Trinajstić information content (AvgIpc) is 3.55. The van der Waals surface area contributed by atoms with Crippen LogP contribution in [0.15, 0.2) is 41.8 Å². The van der Waals surface area contributed by atoms with Crippen molar-refractivity contribution in [3.8, 4) is 26.9 Å². The number of hydrogen-bond donors (Lipinski definition) is 6. The number of carbonyl (C=O) groups excluding carboxylic acids is 2. The number of nitrogens with one attached hydrogen (secondary N) is 3. The summed E-state index contributed by atoms with van der Waals surface area (Å²) < 4.78 is 34.4. The number of aliphatic hydroxyl groups excluding tert-OH is 2. The fourth-order valence-electron chi connectivity index (χ4n) is 3.31. The van der Waals surface area contributed by atoms with E-state index in [4.69, 9.17) is 20.7 Å². The molecule has 4 rings (SSSR count). The van der Waals surface area contributed by atoms with Gasteiger partial charge < -0.3 is 31.3 Å². The first-order valence-corrected chi connectivity index (χ1v) is 12.9. The van der Waals surface area contributed by atoms with Crippen LogP contribution < -0.4 is 26.4 Å². The smallest absolute Gasteiger partial charge is 0.321 e. The Balaban J connectivity index is 1.55. The molecule has 0 aliphatic rings. The monoisotopic (exact) mass is 576 g/mol. The minimum atomic E-state index is -0.965. The highest BCUT2D eigenvalue weighted by Gasteiger charge is 2.20. The largest absolute Gasteiger partial charge is 0.497 e. The van der Waals surface area contributed by atoms with Crippen LogP contribution >= 0.6 is 22.7 Å². The van der Waals surface area contributed by atoms with E-state index in [2.05, 4.69) is 25.9 Å². The lowest BCUT2D eigenvalue weighted by Gasteiger charge is -2.12. The number of amides is 3. The normalized spacial score (nSPS) is 10.9. The van der Waals surface area contributed by atoms with Crippen molar-refractivity contribution in [1.29, 1.82) is 0 Å². The Morgan fingerprint density at radius 2 is 1.87 bits per heavy atom. The fraction of sp³-hybridized carbons (Fsp3) is 0.167. The van der Waals surface area contributed by atoms with Gasteiger partial charge in [-0.05, 0) is 24.3 Å². The first-order valence-electron chi connectivity index (χ1n) is 11.2.